The summed E-state index contributed by atoms with van der Waals surface area (Å²) >= 11 is 0. The van der Waals surface area contributed by atoms with Crippen molar-refractivity contribution >= 4 is 5.69 Å². The molecule has 4 rings (SSSR count). The van der Waals surface area contributed by atoms with Crippen LogP contribution < -0.4 is 10.1 Å². The smallest absolute Gasteiger partial charge is 0.131 e. The maximum Gasteiger partial charge on any atom is 0.131 e. The molecule has 2 nitrogen and oxygen atoms in total. The van der Waals surface area contributed by atoms with Crippen LogP contribution in [0.5, 0.6) is 5.75 Å². The number of hydrogen-bond donors (Lipinski definition) is 1. The molecule has 28 heavy (non-hydrogen) atoms. The summed E-state index contributed by atoms with van der Waals surface area (Å²) < 4.78 is 6.64. The van der Waals surface area contributed by atoms with E-state index in [1.807, 2.05) is 0 Å². The van der Waals surface area contributed by atoms with Crippen molar-refractivity contribution in [2.45, 2.75) is 93.2 Å². The Morgan fingerprint density at radius 2 is 1.32 bits per heavy atom. The Bertz CT molecular complexity index is 1010. The second-order valence-corrected chi connectivity index (χ2v) is 9.91. The number of anilines is 1. The standard InChI is InChI=1S/C26H35NO/c1-12-11-26(9,10)27-24-17(6)16(5)21-22-15(4)13(2)14(3)18(7)25(22)28-19(8)23(21)20(12)24/h12,19,27H,11H2,1-10H3. The van der Waals surface area contributed by atoms with Crippen LogP contribution in [0.15, 0.2) is 0 Å². The van der Waals surface area contributed by atoms with Gasteiger partial charge in [0.1, 0.15) is 11.9 Å². The van der Waals surface area contributed by atoms with Crippen LogP contribution in [-0.4, -0.2) is 5.54 Å². The zero-order valence-electron chi connectivity index (χ0n) is 19.3. The fourth-order valence-electron chi connectivity index (χ4n) is 5.68. The van der Waals surface area contributed by atoms with E-state index < -0.39 is 0 Å². The molecule has 0 aromatic heterocycles. The highest BCUT2D eigenvalue weighted by atomic mass is 16.5. The van der Waals surface area contributed by atoms with E-state index in [-0.39, 0.29) is 11.6 Å². The second-order valence-electron chi connectivity index (χ2n) is 9.91. The molecule has 2 atom stereocenters. The van der Waals surface area contributed by atoms with E-state index in [0.717, 1.165) is 12.2 Å². The van der Waals surface area contributed by atoms with E-state index in [1.54, 1.807) is 0 Å². The molecule has 0 aliphatic carbocycles. The maximum atomic E-state index is 6.64. The Kier molecular flexibility index (Phi) is 4.16. The predicted octanol–water partition coefficient (Wildman–Crippen LogP) is 7.36. The Balaban J connectivity index is 2.15. The highest BCUT2D eigenvalue weighted by Gasteiger charge is 2.39. The molecule has 2 heteroatoms. The van der Waals surface area contributed by atoms with E-state index in [4.69, 9.17) is 4.74 Å². The quantitative estimate of drug-likeness (QED) is 0.518. The van der Waals surface area contributed by atoms with Gasteiger partial charge < -0.3 is 10.1 Å². The Morgan fingerprint density at radius 1 is 0.750 bits per heavy atom. The van der Waals surface area contributed by atoms with Crippen LogP contribution in [0, 0.1) is 41.5 Å². The largest absolute Gasteiger partial charge is 0.485 e. The summed E-state index contributed by atoms with van der Waals surface area (Å²) in [6.45, 7) is 22.8. The van der Waals surface area contributed by atoms with Crippen molar-refractivity contribution in [3.05, 3.63) is 44.5 Å². The molecule has 0 fully saturated rings. The number of benzene rings is 2. The molecule has 0 radical (unpaired) electrons. The Labute approximate surface area is 170 Å². The molecule has 0 amide bonds. The molecule has 0 bridgehead atoms. The lowest BCUT2D eigenvalue weighted by Gasteiger charge is -2.43. The van der Waals surface area contributed by atoms with Crippen LogP contribution in [0.1, 0.15) is 90.6 Å². The van der Waals surface area contributed by atoms with Gasteiger partial charge in [0, 0.05) is 22.4 Å². The third kappa shape index (κ3) is 2.46. The minimum Gasteiger partial charge on any atom is -0.485 e. The van der Waals surface area contributed by atoms with Gasteiger partial charge in [0.15, 0.2) is 0 Å². The average Bonchev–Trinajstić information content (AvgIpc) is 2.61. The first-order chi connectivity index (χ1) is 13.0. The molecule has 2 aliphatic heterocycles. The molecule has 150 valence electrons. The first kappa shape index (κ1) is 19.4. The van der Waals surface area contributed by atoms with Crippen LogP contribution in [0.25, 0.3) is 11.1 Å². The normalized spacial score (nSPS) is 21.9. The molecule has 2 aromatic rings. The van der Waals surface area contributed by atoms with E-state index >= 15 is 0 Å². The lowest BCUT2D eigenvalue weighted by Crippen LogP contribution is -2.38. The van der Waals surface area contributed by atoms with Crippen molar-refractivity contribution in [1.82, 2.24) is 0 Å². The third-order valence-electron chi connectivity index (χ3n) is 7.50. The third-order valence-corrected chi connectivity index (χ3v) is 7.50. The van der Waals surface area contributed by atoms with Gasteiger partial charge in [-0.15, -0.1) is 0 Å². The Morgan fingerprint density at radius 3 is 1.96 bits per heavy atom. The van der Waals surface area contributed by atoms with Crippen molar-refractivity contribution in [3.63, 3.8) is 0 Å². The van der Waals surface area contributed by atoms with Crippen molar-refractivity contribution in [2.24, 2.45) is 0 Å². The predicted molar refractivity (Wildman–Crippen MR) is 120 cm³/mol. The zero-order valence-corrected chi connectivity index (χ0v) is 19.3. The molecular formula is C26H35NO. The minimum atomic E-state index is 0.0706. The number of nitrogens with one attached hydrogen (secondary N) is 1. The van der Waals surface area contributed by atoms with Crippen LogP contribution in [0.3, 0.4) is 0 Å². The average molecular weight is 378 g/mol. The maximum absolute atomic E-state index is 6.64. The van der Waals surface area contributed by atoms with Gasteiger partial charge in [-0.2, -0.15) is 0 Å². The monoisotopic (exact) mass is 377 g/mol. The van der Waals surface area contributed by atoms with Crippen molar-refractivity contribution in [1.29, 1.82) is 0 Å². The molecule has 2 aromatic carbocycles. The lowest BCUT2D eigenvalue weighted by molar-refractivity contribution is 0.218. The van der Waals surface area contributed by atoms with E-state index in [2.05, 4.69) is 74.6 Å². The van der Waals surface area contributed by atoms with Gasteiger partial charge in [0.2, 0.25) is 0 Å². The molecule has 1 N–H and O–H groups in total. The van der Waals surface area contributed by atoms with E-state index in [1.165, 1.54) is 61.3 Å². The topological polar surface area (TPSA) is 21.3 Å². The highest BCUT2D eigenvalue weighted by Crippen LogP contribution is 2.55. The summed E-state index contributed by atoms with van der Waals surface area (Å²) in [5.41, 5.74) is 15.3. The zero-order chi connectivity index (χ0) is 20.7. The Hall–Kier alpha value is -1.96. The molecule has 0 saturated carbocycles. The van der Waals surface area contributed by atoms with Crippen LogP contribution in [-0.2, 0) is 0 Å². The van der Waals surface area contributed by atoms with Crippen molar-refractivity contribution < 1.29 is 4.74 Å². The lowest BCUT2D eigenvalue weighted by atomic mass is 9.72. The summed E-state index contributed by atoms with van der Waals surface area (Å²) in [6, 6.07) is 0. The van der Waals surface area contributed by atoms with Gasteiger partial charge >= 0.3 is 0 Å². The van der Waals surface area contributed by atoms with Gasteiger partial charge in [0.05, 0.1) is 0 Å². The molecule has 0 saturated heterocycles. The number of hydrogen-bond acceptors (Lipinski definition) is 2. The summed E-state index contributed by atoms with van der Waals surface area (Å²) in [4.78, 5) is 0. The second kappa shape index (κ2) is 6.02. The fraction of sp³-hybridized carbons (Fsp3) is 0.538. The summed E-state index contributed by atoms with van der Waals surface area (Å²) in [5.74, 6) is 1.61. The van der Waals surface area contributed by atoms with Crippen LogP contribution >= 0.6 is 0 Å². The fourth-order valence-corrected chi connectivity index (χ4v) is 5.68. The molecule has 2 heterocycles. The number of fused-ring (bicyclic) bond motifs is 5. The molecule has 0 spiro atoms. The summed E-state index contributed by atoms with van der Waals surface area (Å²) in [7, 11) is 0. The SMILES string of the molecule is Cc1c(C)c(C)c2c(c1C)OC(C)c1c-2c(C)c(C)c2c1C(C)CC(C)(C)N2. The minimum absolute atomic E-state index is 0.0706. The molecular weight excluding hydrogens is 342 g/mol. The highest BCUT2D eigenvalue weighted by molar-refractivity contribution is 5.88. The number of rotatable bonds is 0. The van der Waals surface area contributed by atoms with Crippen molar-refractivity contribution in [2.75, 3.05) is 5.32 Å². The molecule has 2 unspecified atom stereocenters. The summed E-state index contributed by atoms with van der Waals surface area (Å²) in [5, 5.41) is 3.86. The van der Waals surface area contributed by atoms with E-state index in [9.17, 15) is 0 Å². The van der Waals surface area contributed by atoms with Gasteiger partial charge in [-0.25, -0.2) is 0 Å². The van der Waals surface area contributed by atoms with Crippen LogP contribution in [0.2, 0.25) is 0 Å². The first-order valence-electron chi connectivity index (χ1n) is 10.7. The van der Waals surface area contributed by atoms with E-state index in [0.29, 0.717) is 5.92 Å². The number of ether oxygens (including phenoxy) is 1. The van der Waals surface area contributed by atoms with Crippen molar-refractivity contribution in [3.8, 4) is 16.9 Å². The van der Waals surface area contributed by atoms with Gasteiger partial charge in [-0.3, -0.25) is 0 Å². The van der Waals surface area contributed by atoms with Crippen LogP contribution in [0.4, 0.5) is 5.69 Å². The van der Waals surface area contributed by atoms with Gasteiger partial charge in [0.25, 0.3) is 0 Å². The van der Waals surface area contributed by atoms with Gasteiger partial charge in [-0.05, 0) is 119 Å². The summed E-state index contributed by atoms with van der Waals surface area (Å²) in [6.07, 6.45) is 1.21. The molecule has 2 aliphatic rings. The first-order valence-corrected chi connectivity index (χ1v) is 10.7. The van der Waals surface area contributed by atoms with Gasteiger partial charge in [-0.1, -0.05) is 6.92 Å².